The standard InChI is InChI=1S/C14H19F2NS/c15-14(16)18-13-9-7-12(8-10-13)17-11-5-3-1-2-4-6-11/h7-11,14,17H,1-6H2. The summed E-state index contributed by atoms with van der Waals surface area (Å²) >= 11 is 0.595. The van der Waals surface area contributed by atoms with E-state index in [1.54, 1.807) is 12.1 Å². The third kappa shape index (κ3) is 4.48. The van der Waals surface area contributed by atoms with E-state index in [0.29, 0.717) is 22.7 Å². The van der Waals surface area contributed by atoms with Gasteiger partial charge in [0.2, 0.25) is 0 Å². The highest BCUT2D eigenvalue weighted by atomic mass is 32.2. The summed E-state index contributed by atoms with van der Waals surface area (Å²) in [6.07, 6.45) is 7.68. The molecule has 100 valence electrons. The van der Waals surface area contributed by atoms with Crippen LogP contribution in [-0.4, -0.2) is 11.8 Å². The Kier molecular flexibility index (Phi) is 5.29. The largest absolute Gasteiger partial charge is 0.382 e. The second kappa shape index (κ2) is 6.98. The molecule has 0 aromatic heterocycles. The van der Waals surface area contributed by atoms with Crippen molar-refractivity contribution >= 4 is 17.4 Å². The molecule has 0 radical (unpaired) electrons. The van der Waals surface area contributed by atoms with E-state index in [1.807, 2.05) is 12.1 Å². The predicted molar refractivity (Wildman–Crippen MR) is 73.4 cm³/mol. The van der Waals surface area contributed by atoms with Crippen LogP contribution < -0.4 is 5.32 Å². The van der Waals surface area contributed by atoms with Crippen LogP contribution in [0.2, 0.25) is 0 Å². The monoisotopic (exact) mass is 271 g/mol. The number of anilines is 1. The molecule has 1 N–H and O–H groups in total. The van der Waals surface area contributed by atoms with Crippen LogP contribution in [0.4, 0.5) is 14.5 Å². The molecule has 0 saturated heterocycles. The van der Waals surface area contributed by atoms with Gasteiger partial charge in [0.05, 0.1) is 0 Å². The molecule has 1 saturated carbocycles. The van der Waals surface area contributed by atoms with Crippen molar-refractivity contribution in [1.82, 2.24) is 0 Å². The average molecular weight is 271 g/mol. The molecule has 4 heteroatoms. The van der Waals surface area contributed by atoms with Crippen LogP contribution in [-0.2, 0) is 0 Å². The van der Waals surface area contributed by atoms with Gasteiger partial charge in [0, 0.05) is 16.6 Å². The first-order chi connectivity index (χ1) is 8.74. The number of nitrogens with one attached hydrogen (secondary N) is 1. The van der Waals surface area contributed by atoms with Gasteiger partial charge in [-0.25, -0.2) is 0 Å². The summed E-state index contributed by atoms with van der Waals surface area (Å²) in [5.74, 6) is -2.34. The van der Waals surface area contributed by atoms with E-state index in [9.17, 15) is 8.78 Å². The molecule has 0 unspecified atom stereocenters. The van der Waals surface area contributed by atoms with Crippen molar-refractivity contribution in [3.05, 3.63) is 24.3 Å². The molecule has 1 aromatic carbocycles. The van der Waals surface area contributed by atoms with E-state index in [1.165, 1.54) is 38.5 Å². The summed E-state index contributed by atoms with van der Waals surface area (Å²) in [5, 5.41) is 3.50. The van der Waals surface area contributed by atoms with Crippen LogP contribution in [0.3, 0.4) is 0 Å². The normalized spacial score (nSPS) is 17.7. The maximum atomic E-state index is 12.2. The summed E-state index contributed by atoms with van der Waals surface area (Å²) in [7, 11) is 0. The van der Waals surface area contributed by atoms with Crippen LogP contribution in [0.15, 0.2) is 29.2 Å². The summed E-state index contributed by atoms with van der Waals surface area (Å²) in [6.45, 7) is 0. The van der Waals surface area contributed by atoms with Gasteiger partial charge in [-0.05, 0) is 37.1 Å². The molecule has 1 aromatic rings. The van der Waals surface area contributed by atoms with E-state index >= 15 is 0 Å². The van der Waals surface area contributed by atoms with E-state index in [0.717, 1.165) is 5.69 Å². The minimum atomic E-state index is -2.34. The minimum Gasteiger partial charge on any atom is -0.382 e. The van der Waals surface area contributed by atoms with Gasteiger partial charge in [-0.1, -0.05) is 37.4 Å². The summed E-state index contributed by atoms with van der Waals surface area (Å²) in [4.78, 5) is 0.622. The van der Waals surface area contributed by atoms with Gasteiger partial charge >= 0.3 is 0 Å². The molecule has 0 atom stereocenters. The Hall–Kier alpha value is -0.770. The lowest BCUT2D eigenvalue weighted by Gasteiger charge is -2.17. The number of alkyl halides is 2. The first kappa shape index (κ1) is 13.7. The molecule has 1 aliphatic carbocycles. The predicted octanol–water partition coefficient (Wildman–Crippen LogP) is 5.14. The number of rotatable bonds is 4. The van der Waals surface area contributed by atoms with Crippen LogP contribution in [0.1, 0.15) is 38.5 Å². The number of halogens is 2. The fraction of sp³-hybridized carbons (Fsp3) is 0.571. The molecular formula is C14H19F2NS. The number of thioether (sulfide) groups is 1. The van der Waals surface area contributed by atoms with Crippen LogP contribution in [0.5, 0.6) is 0 Å². The number of benzene rings is 1. The van der Waals surface area contributed by atoms with Gasteiger partial charge < -0.3 is 5.32 Å². The first-order valence-electron chi connectivity index (χ1n) is 6.55. The van der Waals surface area contributed by atoms with Crippen molar-refractivity contribution in [2.45, 2.75) is 55.2 Å². The summed E-state index contributed by atoms with van der Waals surface area (Å²) in [5.41, 5.74) is 1.04. The smallest absolute Gasteiger partial charge is 0.288 e. The van der Waals surface area contributed by atoms with Gasteiger partial charge in [0.15, 0.2) is 0 Å². The maximum absolute atomic E-state index is 12.2. The Morgan fingerprint density at radius 3 is 2.17 bits per heavy atom. The molecule has 1 nitrogen and oxygen atoms in total. The van der Waals surface area contributed by atoms with E-state index in [4.69, 9.17) is 0 Å². The van der Waals surface area contributed by atoms with Crippen LogP contribution in [0, 0.1) is 0 Å². The molecular weight excluding hydrogens is 252 g/mol. The maximum Gasteiger partial charge on any atom is 0.288 e. The zero-order valence-corrected chi connectivity index (χ0v) is 11.2. The second-order valence-corrected chi connectivity index (χ2v) is 5.80. The molecule has 0 amide bonds. The van der Waals surface area contributed by atoms with Gasteiger partial charge in [-0.15, -0.1) is 0 Å². The third-order valence-electron chi connectivity index (χ3n) is 3.31. The Morgan fingerprint density at radius 2 is 1.61 bits per heavy atom. The zero-order chi connectivity index (χ0) is 12.8. The molecule has 0 spiro atoms. The fourth-order valence-corrected chi connectivity index (χ4v) is 2.89. The minimum absolute atomic E-state index is 0.543. The number of hydrogen-bond acceptors (Lipinski definition) is 2. The topological polar surface area (TPSA) is 12.0 Å². The lowest BCUT2D eigenvalue weighted by atomic mass is 10.1. The molecule has 18 heavy (non-hydrogen) atoms. The average Bonchev–Trinajstić information content (AvgIpc) is 2.60. The van der Waals surface area contributed by atoms with Crippen molar-refractivity contribution in [2.24, 2.45) is 0 Å². The Morgan fingerprint density at radius 1 is 1.00 bits per heavy atom. The van der Waals surface area contributed by atoms with Crippen molar-refractivity contribution in [1.29, 1.82) is 0 Å². The van der Waals surface area contributed by atoms with Gasteiger partial charge in [-0.3, -0.25) is 0 Å². The van der Waals surface area contributed by atoms with Gasteiger partial charge in [-0.2, -0.15) is 8.78 Å². The molecule has 0 bridgehead atoms. The Labute approximate surface area is 111 Å². The van der Waals surface area contributed by atoms with Crippen LogP contribution in [0.25, 0.3) is 0 Å². The van der Waals surface area contributed by atoms with Crippen molar-refractivity contribution < 1.29 is 8.78 Å². The summed E-state index contributed by atoms with van der Waals surface area (Å²) in [6, 6.07) is 7.86. The highest BCUT2D eigenvalue weighted by molar-refractivity contribution is 7.99. The van der Waals surface area contributed by atoms with Crippen molar-refractivity contribution in [3.8, 4) is 0 Å². The summed E-state index contributed by atoms with van der Waals surface area (Å²) < 4.78 is 24.4. The van der Waals surface area contributed by atoms with Crippen molar-refractivity contribution in [3.63, 3.8) is 0 Å². The SMILES string of the molecule is FC(F)Sc1ccc(NC2CCCCCC2)cc1. The zero-order valence-electron chi connectivity index (χ0n) is 10.4. The lowest BCUT2D eigenvalue weighted by molar-refractivity contribution is 0.252. The first-order valence-corrected chi connectivity index (χ1v) is 7.43. The Balaban J connectivity index is 1.88. The lowest BCUT2D eigenvalue weighted by Crippen LogP contribution is -2.17. The van der Waals surface area contributed by atoms with Gasteiger partial charge in [0.25, 0.3) is 5.76 Å². The van der Waals surface area contributed by atoms with Crippen LogP contribution >= 0.6 is 11.8 Å². The van der Waals surface area contributed by atoms with E-state index in [2.05, 4.69) is 5.32 Å². The quantitative estimate of drug-likeness (QED) is 0.601. The molecule has 2 rings (SSSR count). The molecule has 1 aliphatic rings. The fourth-order valence-electron chi connectivity index (χ4n) is 2.39. The molecule has 0 heterocycles. The molecule has 1 fully saturated rings. The van der Waals surface area contributed by atoms with Gasteiger partial charge in [0.1, 0.15) is 0 Å². The third-order valence-corrected chi connectivity index (χ3v) is 4.03. The molecule has 0 aliphatic heterocycles. The highest BCUT2D eigenvalue weighted by Crippen LogP contribution is 2.27. The Bertz CT molecular complexity index is 345. The van der Waals surface area contributed by atoms with Crippen molar-refractivity contribution in [2.75, 3.05) is 5.32 Å². The highest BCUT2D eigenvalue weighted by Gasteiger charge is 2.12. The number of hydrogen-bond donors (Lipinski definition) is 1. The van der Waals surface area contributed by atoms with E-state index in [-0.39, 0.29) is 0 Å². The van der Waals surface area contributed by atoms with E-state index < -0.39 is 5.76 Å². The second-order valence-electron chi connectivity index (χ2n) is 4.74.